The van der Waals surface area contributed by atoms with Crippen molar-refractivity contribution in [2.24, 2.45) is 5.41 Å². The van der Waals surface area contributed by atoms with Crippen molar-refractivity contribution < 1.29 is 5.11 Å². The number of aromatic nitrogens is 3. The number of aliphatic hydroxyl groups is 1. The largest absolute Gasteiger partial charge is 0.378 e. The number of halogens is 1. The third-order valence-electron chi connectivity index (χ3n) is 4.38. The van der Waals surface area contributed by atoms with Crippen molar-refractivity contribution in [1.29, 1.82) is 0 Å². The van der Waals surface area contributed by atoms with E-state index < -0.39 is 11.0 Å². The van der Waals surface area contributed by atoms with Crippen LogP contribution in [-0.4, -0.2) is 20.1 Å². The Hall–Kier alpha value is -2.30. The van der Waals surface area contributed by atoms with Crippen LogP contribution in [0.3, 0.4) is 0 Å². The van der Waals surface area contributed by atoms with Gasteiger partial charge in [0.05, 0.1) is 5.69 Å². The molecule has 1 aromatic carbocycles. The summed E-state index contributed by atoms with van der Waals surface area (Å²) >= 11 is 5.94. The first-order chi connectivity index (χ1) is 11.8. The molecule has 0 fully saturated rings. The van der Waals surface area contributed by atoms with E-state index in [-0.39, 0.29) is 0 Å². The predicted molar refractivity (Wildman–Crippen MR) is 99.2 cm³/mol. The smallest absolute Gasteiger partial charge is 0.139 e. The van der Waals surface area contributed by atoms with Crippen LogP contribution in [0.1, 0.15) is 32.0 Å². The van der Waals surface area contributed by atoms with Crippen LogP contribution in [-0.2, 0) is 5.60 Å². The number of pyridine rings is 1. The van der Waals surface area contributed by atoms with Crippen molar-refractivity contribution in [3.05, 3.63) is 77.6 Å². The molecule has 0 radical (unpaired) electrons. The zero-order valence-electron chi connectivity index (χ0n) is 14.4. The van der Waals surface area contributed by atoms with Crippen LogP contribution in [0, 0.1) is 5.41 Å². The Balaban J connectivity index is 2.05. The van der Waals surface area contributed by atoms with Crippen molar-refractivity contribution in [2.75, 3.05) is 0 Å². The molecule has 128 valence electrons. The molecule has 1 unspecified atom stereocenters. The van der Waals surface area contributed by atoms with Crippen molar-refractivity contribution in [3.63, 3.8) is 0 Å². The molecule has 0 bridgehead atoms. The molecule has 25 heavy (non-hydrogen) atoms. The maximum Gasteiger partial charge on any atom is 0.139 e. The van der Waals surface area contributed by atoms with E-state index in [0.29, 0.717) is 16.3 Å². The third kappa shape index (κ3) is 3.28. The minimum Gasteiger partial charge on any atom is -0.378 e. The maximum absolute atomic E-state index is 11.5. The Labute approximate surface area is 152 Å². The predicted octanol–water partition coefficient (Wildman–Crippen LogP) is 4.47. The van der Waals surface area contributed by atoms with E-state index in [0.717, 1.165) is 11.1 Å². The van der Waals surface area contributed by atoms with Gasteiger partial charge in [-0.05, 0) is 23.8 Å². The molecule has 3 rings (SSSR count). The van der Waals surface area contributed by atoms with Gasteiger partial charge in [0.25, 0.3) is 0 Å². The SMILES string of the molecule is CC(C)(C)C(O)(c1cncnc1)c1ccc(-c2ccc(Cl)cc2)cn1. The maximum atomic E-state index is 11.5. The van der Waals surface area contributed by atoms with Gasteiger partial charge in [-0.25, -0.2) is 9.97 Å². The lowest BCUT2D eigenvalue weighted by molar-refractivity contribution is -0.0301. The molecule has 1 N–H and O–H groups in total. The molecule has 0 saturated heterocycles. The highest BCUT2D eigenvalue weighted by molar-refractivity contribution is 6.30. The van der Waals surface area contributed by atoms with Crippen LogP contribution in [0.2, 0.25) is 5.02 Å². The zero-order chi connectivity index (χ0) is 18.1. The average Bonchev–Trinajstić information content (AvgIpc) is 2.62. The lowest BCUT2D eigenvalue weighted by Gasteiger charge is -2.39. The number of hydrogen-bond donors (Lipinski definition) is 1. The molecule has 3 aromatic rings. The summed E-state index contributed by atoms with van der Waals surface area (Å²) in [6.45, 7) is 5.90. The van der Waals surface area contributed by atoms with Crippen molar-refractivity contribution in [3.8, 4) is 11.1 Å². The summed E-state index contributed by atoms with van der Waals surface area (Å²) in [5.41, 5.74) is 1.37. The second-order valence-electron chi connectivity index (χ2n) is 7.03. The number of hydrogen-bond acceptors (Lipinski definition) is 4. The normalized spacial score (nSPS) is 14.1. The standard InChI is InChI=1S/C20H20ClN3O/c1-19(2,3)20(25,16-11-22-13-23-12-16)18-9-6-15(10-24-18)14-4-7-17(21)8-5-14/h4-13,25H,1-3H3. The van der Waals surface area contributed by atoms with E-state index in [9.17, 15) is 5.11 Å². The molecular weight excluding hydrogens is 334 g/mol. The van der Waals surface area contributed by atoms with E-state index in [4.69, 9.17) is 11.6 Å². The minimum atomic E-state index is -1.30. The van der Waals surface area contributed by atoms with Gasteiger partial charge in [0, 0.05) is 40.2 Å². The first-order valence-corrected chi connectivity index (χ1v) is 8.40. The molecule has 2 aromatic heterocycles. The minimum absolute atomic E-state index is 0.494. The van der Waals surface area contributed by atoms with E-state index in [1.54, 1.807) is 18.6 Å². The molecule has 2 heterocycles. The third-order valence-corrected chi connectivity index (χ3v) is 4.63. The van der Waals surface area contributed by atoms with Crippen LogP contribution in [0.4, 0.5) is 0 Å². The number of benzene rings is 1. The van der Waals surface area contributed by atoms with Crippen LogP contribution < -0.4 is 0 Å². The Morgan fingerprint density at radius 3 is 1.96 bits per heavy atom. The van der Waals surface area contributed by atoms with Gasteiger partial charge in [-0.15, -0.1) is 0 Å². The quantitative estimate of drug-likeness (QED) is 0.754. The van der Waals surface area contributed by atoms with Gasteiger partial charge >= 0.3 is 0 Å². The van der Waals surface area contributed by atoms with Gasteiger partial charge in [0.1, 0.15) is 11.9 Å². The van der Waals surface area contributed by atoms with Gasteiger partial charge in [0.2, 0.25) is 0 Å². The molecule has 1 atom stereocenters. The fourth-order valence-corrected chi connectivity index (χ4v) is 3.00. The molecule has 5 heteroatoms. The summed E-state index contributed by atoms with van der Waals surface area (Å²) in [5.74, 6) is 0. The van der Waals surface area contributed by atoms with E-state index >= 15 is 0 Å². The van der Waals surface area contributed by atoms with Gasteiger partial charge in [0.15, 0.2) is 0 Å². The highest BCUT2D eigenvalue weighted by Crippen LogP contribution is 2.43. The van der Waals surface area contributed by atoms with E-state index in [2.05, 4.69) is 15.0 Å². The summed E-state index contributed by atoms with van der Waals surface area (Å²) in [7, 11) is 0. The first kappa shape index (κ1) is 17.5. The fourth-order valence-electron chi connectivity index (χ4n) is 2.87. The lowest BCUT2D eigenvalue weighted by atomic mass is 9.70. The van der Waals surface area contributed by atoms with Crippen molar-refractivity contribution >= 4 is 11.6 Å². The number of rotatable bonds is 3. The molecule has 0 aliphatic heterocycles. The topological polar surface area (TPSA) is 58.9 Å². The van der Waals surface area contributed by atoms with Gasteiger partial charge < -0.3 is 5.11 Å². The summed E-state index contributed by atoms with van der Waals surface area (Å²) in [4.78, 5) is 12.7. The van der Waals surface area contributed by atoms with E-state index in [1.165, 1.54) is 6.33 Å². The van der Waals surface area contributed by atoms with Gasteiger partial charge in [-0.1, -0.05) is 50.6 Å². The van der Waals surface area contributed by atoms with E-state index in [1.807, 2.05) is 57.2 Å². The summed E-state index contributed by atoms with van der Waals surface area (Å²) < 4.78 is 0. The molecule has 0 saturated carbocycles. The van der Waals surface area contributed by atoms with Crippen molar-refractivity contribution in [1.82, 2.24) is 15.0 Å². The second-order valence-corrected chi connectivity index (χ2v) is 7.46. The molecule has 0 aliphatic rings. The average molecular weight is 354 g/mol. The number of nitrogens with zero attached hydrogens (tertiary/aromatic N) is 3. The molecule has 0 aliphatic carbocycles. The molecule has 0 amide bonds. The molecular formula is C20H20ClN3O. The summed E-state index contributed by atoms with van der Waals surface area (Å²) in [5, 5.41) is 12.2. The highest BCUT2D eigenvalue weighted by atomic mass is 35.5. The Bertz CT molecular complexity index is 843. The fraction of sp³-hybridized carbons (Fsp3) is 0.250. The van der Waals surface area contributed by atoms with Crippen LogP contribution in [0.5, 0.6) is 0 Å². The highest BCUT2D eigenvalue weighted by Gasteiger charge is 2.45. The lowest BCUT2D eigenvalue weighted by Crippen LogP contribution is -2.42. The zero-order valence-corrected chi connectivity index (χ0v) is 15.2. The monoisotopic (exact) mass is 353 g/mol. The Morgan fingerprint density at radius 2 is 1.44 bits per heavy atom. The van der Waals surface area contributed by atoms with Crippen molar-refractivity contribution in [2.45, 2.75) is 26.4 Å². The van der Waals surface area contributed by atoms with Gasteiger partial charge in [-0.2, -0.15) is 0 Å². The Morgan fingerprint density at radius 1 is 0.840 bits per heavy atom. The molecule has 0 spiro atoms. The second kappa shape index (κ2) is 6.54. The summed E-state index contributed by atoms with van der Waals surface area (Å²) in [6.07, 6.45) is 6.47. The van der Waals surface area contributed by atoms with Crippen LogP contribution in [0.15, 0.2) is 61.3 Å². The summed E-state index contributed by atoms with van der Waals surface area (Å²) in [6, 6.07) is 11.4. The first-order valence-electron chi connectivity index (χ1n) is 8.03. The Kier molecular flexibility index (Phi) is 4.58. The molecule has 4 nitrogen and oxygen atoms in total. The van der Waals surface area contributed by atoms with Crippen LogP contribution >= 0.6 is 11.6 Å². The van der Waals surface area contributed by atoms with Crippen LogP contribution in [0.25, 0.3) is 11.1 Å². The van der Waals surface area contributed by atoms with Gasteiger partial charge in [-0.3, -0.25) is 4.98 Å².